The average molecular weight is 909 g/mol. The van der Waals surface area contributed by atoms with Crippen molar-refractivity contribution in [3.63, 3.8) is 0 Å². The molecule has 0 saturated carbocycles. The Kier molecular flexibility index (Phi) is 8.32. The Morgan fingerprint density at radius 3 is 1.08 bits per heavy atom. The van der Waals surface area contributed by atoms with Crippen molar-refractivity contribution in [1.29, 1.82) is 0 Å². The van der Waals surface area contributed by atoms with E-state index < -0.39 is 0 Å². The number of rotatable bonds is 6. The summed E-state index contributed by atoms with van der Waals surface area (Å²) in [5.74, 6) is 1.83. The summed E-state index contributed by atoms with van der Waals surface area (Å²) >= 11 is 0. The van der Waals surface area contributed by atoms with E-state index in [0.29, 0.717) is 0 Å². The first-order valence-corrected chi connectivity index (χ1v) is 24.4. The summed E-state index contributed by atoms with van der Waals surface area (Å²) in [5.41, 5.74) is 20.0. The number of hydrogen-bond acceptors (Lipinski definition) is 2. The normalized spacial score (nSPS) is 13.0. The van der Waals surface area contributed by atoms with Crippen LogP contribution in [0.15, 0.2) is 231 Å². The Labute approximate surface area is 409 Å². The quantitative estimate of drug-likeness (QED) is 0.167. The second kappa shape index (κ2) is 14.9. The maximum atomic E-state index is 5.52. The number of aromatic nitrogens is 6. The summed E-state index contributed by atoms with van der Waals surface area (Å²) in [6.45, 7) is 4.75. The third kappa shape index (κ3) is 5.76. The molecular weight excluding hydrogens is 865 g/mol. The van der Waals surface area contributed by atoms with E-state index in [1.165, 1.54) is 65.9 Å². The van der Waals surface area contributed by atoms with Gasteiger partial charge in [-0.25, -0.2) is 9.97 Å². The lowest BCUT2D eigenvalue weighted by Gasteiger charge is -2.22. The van der Waals surface area contributed by atoms with Crippen molar-refractivity contribution in [3.8, 4) is 56.7 Å². The lowest BCUT2D eigenvalue weighted by Crippen LogP contribution is -2.15. The van der Waals surface area contributed by atoms with Crippen molar-refractivity contribution < 1.29 is 0 Å². The maximum Gasteiger partial charge on any atom is 0.145 e. The van der Waals surface area contributed by atoms with Gasteiger partial charge < -0.3 is 9.13 Å². The smallest absolute Gasteiger partial charge is 0.145 e. The lowest BCUT2D eigenvalue weighted by atomic mass is 9.82. The van der Waals surface area contributed by atoms with Gasteiger partial charge in [0.25, 0.3) is 0 Å². The van der Waals surface area contributed by atoms with Gasteiger partial charge in [-0.1, -0.05) is 147 Å². The molecular formula is C65H44N6. The molecule has 1 aliphatic rings. The average Bonchev–Trinajstić information content (AvgIpc) is 4.21. The summed E-state index contributed by atoms with van der Waals surface area (Å²) in [7, 11) is 0. The molecule has 10 aromatic carbocycles. The Morgan fingerprint density at radius 2 is 0.662 bits per heavy atom. The van der Waals surface area contributed by atoms with Crippen LogP contribution in [0.25, 0.3) is 122 Å². The van der Waals surface area contributed by atoms with Crippen LogP contribution in [0.2, 0.25) is 0 Å². The van der Waals surface area contributed by atoms with E-state index in [-0.39, 0.29) is 5.41 Å². The Morgan fingerprint density at radius 1 is 0.296 bits per heavy atom. The molecule has 71 heavy (non-hydrogen) atoms. The first-order chi connectivity index (χ1) is 35.0. The van der Waals surface area contributed by atoms with Crippen molar-refractivity contribution in [2.24, 2.45) is 0 Å². The van der Waals surface area contributed by atoms with Crippen LogP contribution in [-0.2, 0) is 5.41 Å². The zero-order valence-corrected chi connectivity index (χ0v) is 39.1. The molecule has 0 fully saturated rings. The van der Waals surface area contributed by atoms with Gasteiger partial charge in [0, 0.05) is 60.8 Å². The lowest BCUT2D eigenvalue weighted by molar-refractivity contribution is 0.661. The molecule has 0 spiro atoms. The fourth-order valence-electron chi connectivity index (χ4n) is 11.9. The number of hydrogen-bond donors (Lipinski definition) is 0. The number of imidazole rings is 2. The molecule has 0 unspecified atom stereocenters. The summed E-state index contributed by atoms with van der Waals surface area (Å²) in [6, 6.07) is 83.3. The minimum Gasteiger partial charge on any atom is -0.309 e. The number of nitrogens with zero attached hydrogens (tertiary/aromatic N) is 6. The van der Waals surface area contributed by atoms with Crippen LogP contribution in [0.5, 0.6) is 0 Å². The van der Waals surface area contributed by atoms with Crippen molar-refractivity contribution >= 4 is 65.7 Å². The third-order valence-corrected chi connectivity index (χ3v) is 15.1. The molecule has 14 aromatic rings. The molecule has 4 heterocycles. The summed E-state index contributed by atoms with van der Waals surface area (Å²) in [4.78, 5) is 11.0. The number of para-hydroxylation sites is 4. The molecule has 0 atom stereocenters. The van der Waals surface area contributed by atoms with Crippen molar-refractivity contribution in [3.05, 3.63) is 242 Å². The molecule has 0 bridgehead atoms. The van der Waals surface area contributed by atoms with Crippen molar-refractivity contribution in [1.82, 2.24) is 28.2 Å². The molecule has 6 heteroatoms. The van der Waals surface area contributed by atoms with Gasteiger partial charge in [-0.3, -0.25) is 9.13 Å². The van der Waals surface area contributed by atoms with Gasteiger partial charge in [0.2, 0.25) is 0 Å². The molecule has 15 rings (SSSR count). The fraction of sp³-hybridized carbons (Fsp3) is 0.0462. The first kappa shape index (κ1) is 39.7. The standard InChI is InChI=1S/C65H44N6/c1-65(2)53-39-61-55(66-63(41-19-7-3-8-20-41)70(61)45-31-33-59-51(35-45)47-27-15-17-29-57(47)68(59)43-23-11-5-12-24-43)37-49(53)50-38-56-62(40-54(50)65)71(64(67-56)42-21-9-4-10-22-42)46-32-34-60-52(36-46)48-28-16-18-30-58(48)69(60)44-25-13-6-14-26-44/h3-40H,1-2H3. The molecule has 0 radical (unpaired) electrons. The molecule has 0 aliphatic heterocycles. The number of benzene rings is 10. The second-order valence-electron chi connectivity index (χ2n) is 19.5. The van der Waals surface area contributed by atoms with Crippen LogP contribution in [0.3, 0.4) is 0 Å². The summed E-state index contributed by atoms with van der Waals surface area (Å²) in [6.07, 6.45) is 0. The Hall–Kier alpha value is -9.26. The largest absolute Gasteiger partial charge is 0.309 e. The van der Waals surface area contributed by atoms with E-state index in [9.17, 15) is 0 Å². The predicted molar refractivity (Wildman–Crippen MR) is 293 cm³/mol. The molecule has 334 valence electrons. The van der Waals surface area contributed by atoms with E-state index in [1.54, 1.807) is 0 Å². The van der Waals surface area contributed by atoms with Gasteiger partial charge in [0.1, 0.15) is 11.6 Å². The molecule has 4 aromatic heterocycles. The van der Waals surface area contributed by atoms with Crippen LogP contribution in [0, 0.1) is 0 Å². The van der Waals surface area contributed by atoms with Crippen molar-refractivity contribution in [2.45, 2.75) is 19.3 Å². The Balaban J connectivity index is 0.934. The highest BCUT2D eigenvalue weighted by Gasteiger charge is 2.38. The second-order valence-corrected chi connectivity index (χ2v) is 19.5. The van der Waals surface area contributed by atoms with Gasteiger partial charge in [-0.2, -0.15) is 0 Å². The monoisotopic (exact) mass is 908 g/mol. The van der Waals surface area contributed by atoms with E-state index in [2.05, 4.69) is 263 Å². The topological polar surface area (TPSA) is 45.5 Å². The van der Waals surface area contributed by atoms with Crippen molar-refractivity contribution in [2.75, 3.05) is 0 Å². The van der Waals surface area contributed by atoms with Crippen LogP contribution >= 0.6 is 0 Å². The molecule has 0 saturated heterocycles. The molecule has 6 nitrogen and oxygen atoms in total. The molecule has 1 aliphatic carbocycles. The third-order valence-electron chi connectivity index (χ3n) is 15.1. The minimum absolute atomic E-state index is 0.336. The molecule has 0 amide bonds. The van der Waals surface area contributed by atoms with Gasteiger partial charge in [0.05, 0.1) is 44.1 Å². The van der Waals surface area contributed by atoms with Crippen LogP contribution < -0.4 is 0 Å². The predicted octanol–water partition coefficient (Wildman–Crippen LogP) is 16.2. The highest BCUT2D eigenvalue weighted by Crippen LogP contribution is 2.52. The number of fused-ring (bicyclic) bond motifs is 11. The zero-order chi connectivity index (χ0) is 47.0. The zero-order valence-electron chi connectivity index (χ0n) is 39.1. The van der Waals surface area contributed by atoms with Gasteiger partial charge in [0.15, 0.2) is 0 Å². The fourth-order valence-corrected chi connectivity index (χ4v) is 11.9. The van der Waals surface area contributed by atoms with E-state index in [1.807, 2.05) is 0 Å². The van der Waals surface area contributed by atoms with Gasteiger partial charge in [-0.15, -0.1) is 0 Å². The van der Waals surface area contributed by atoms with Gasteiger partial charge >= 0.3 is 0 Å². The maximum absolute atomic E-state index is 5.52. The van der Waals surface area contributed by atoms with Crippen LogP contribution in [0.4, 0.5) is 0 Å². The van der Waals surface area contributed by atoms with Gasteiger partial charge in [-0.05, 0) is 119 Å². The van der Waals surface area contributed by atoms with E-state index in [0.717, 1.165) is 67.6 Å². The first-order valence-electron chi connectivity index (χ1n) is 24.4. The Bertz CT molecular complexity index is 4170. The van der Waals surface area contributed by atoms with Crippen LogP contribution in [-0.4, -0.2) is 28.2 Å². The summed E-state index contributed by atoms with van der Waals surface area (Å²) < 4.78 is 9.50. The van der Waals surface area contributed by atoms with E-state index in [4.69, 9.17) is 9.97 Å². The highest BCUT2D eigenvalue weighted by atomic mass is 15.1. The summed E-state index contributed by atoms with van der Waals surface area (Å²) in [5, 5.41) is 4.84. The van der Waals surface area contributed by atoms with E-state index >= 15 is 0 Å². The van der Waals surface area contributed by atoms with Crippen LogP contribution in [0.1, 0.15) is 25.0 Å². The SMILES string of the molecule is CC1(C)c2cc3c(cc2-c2cc4nc(-c5ccccc5)n(-c5ccc6c(c5)c5ccccc5n6-c5ccccc5)c4cc21)nc(-c1ccccc1)n3-c1ccc2c(c1)c1ccccc1n2-c1ccccc1. The minimum atomic E-state index is -0.336. The molecule has 0 N–H and O–H groups in total. The highest BCUT2D eigenvalue weighted by molar-refractivity contribution is 6.11.